The maximum atomic E-state index is 6.63. The zero-order valence-corrected chi connectivity index (χ0v) is 17.4. The highest BCUT2D eigenvalue weighted by Crippen LogP contribution is 2.37. The van der Waals surface area contributed by atoms with Crippen LogP contribution in [0.1, 0.15) is 30.0 Å². The van der Waals surface area contributed by atoms with Gasteiger partial charge in [0.1, 0.15) is 11.5 Å². The van der Waals surface area contributed by atoms with Crippen molar-refractivity contribution < 1.29 is 0 Å². The Kier molecular flexibility index (Phi) is 5.39. The molecule has 5 nitrogen and oxygen atoms in total. The average molecular weight is 418 g/mol. The van der Waals surface area contributed by atoms with Gasteiger partial charge in [-0.05, 0) is 48.7 Å². The Hall–Kier alpha value is -2.89. The number of fused-ring (bicyclic) bond motifs is 1. The van der Waals surface area contributed by atoms with Crippen molar-refractivity contribution in [1.29, 1.82) is 0 Å². The lowest BCUT2D eigenvalue weighted by Crippen LogP contribution is -2.28. The molecule has 4 heterocycles. The van der Waals surface area contributed by atoms with Gasteiger partial charge in [-0.1, -0.05) is 41.9 Å². The maximum absolute atomic E-state index is 6.63. The van der Waals surface area contributed by atoms with E-state index in [-0.39, 0.29) is 0 Å². The van der Waals surface area contributed by atoms with E-state index in [1.807, 2.05) is 30.5 Å². The molecular formula is C24H24ClN5. The summed E-state index contributed by atoms with van der Waals surface area (Å²) < 4.78 is 0. The summed E-state index contributed by atoms with van der Waals surface area (Å²) in [7, 11) is 0. The molecule has 4 aromatic rings. The van der Waals surface area contributed by atoms with Gasteiger partial charge in [0.25, 0.3) is 0 Å². The van der Waals surface area contributed by atoms with E-state index in [9.17, 15) is 0 Å². The average Bonchev–Trinajstić information content (AvgIpc) is 3.23. The molecule has 1 saturated heterocycles. The van der Waals surface area contributed by atoms with Crippen LogP contribution in [0.5, 0.6) is 0 Å². The number of nitrogens with zero attached hydrogens (tertiary/aromatic N) is 2. The third-order valence-corrected chi connectivity index (χ3v) is 6.02. The monoisotopic (exact) mass is 417 g/mol. The third-order valence-electron chi connectivity index (χ3n) is 5.73. The van der Waals surface area contributed by atoms with E-state index in [0.29, 0.717) is 10.9 Å². The summed E-state index contributed by atoms with van der Waals surface area (Å²) in [5.41, 5.74) is 5.35. The molecule has 30 heavy (non-hydrogen) atoms. The van der Waals surface area contributed by atoms with Gasteiger partial charge in [-0.3, -0.25) is 0 Å². The maximum Gasteiger partial charge on any atom is 0.138 e. The number of aromatic amines is 1. The standard InChI is InChI=1S/C24H24ClN5/c25-20-15-29-24-19(12-21(30-24)18-7-4-9-26-14-18)23(20)17-8-10-27-22(11-17)28-13-16-5-2-1-3-6-16/h1-3,5-6,8,10-12,15,18,26H,4,7,9,13-14H2,(H,27,28)(H,29,30). The Morgan fingerprint density at radius 3 is 2.83 bits per heavy atom. The zero-order valence-electron chi connectivity index (χ0n) is 16.7. The first-order valence-electron chi connectivity index (χ1n) is 10.4. The highest BCUT2D eigenvalue weighted by Gasteiger charge is 2.20. The number of nitrogens with one attached hydrogen (secondary N) is 3. The molecule has 5 rings (SSSR count). The second-order valence-electron chi connectivity index (χ2n) is 7.78. The van der Waals surface area contributed by atoms with Crippen molar-refractivity contribution in [3.8, 4) is 11.1 Å². The largest absolute Gasteiger partial charge is 0.366 e. The first kappa shape index (κ1) is 19.1. The summed E-state index contributed by atoms with van der Waals surface area (Å²) in [5, 5.41) is 8.60. The number of hydrogen-bond acceptors (Lipinski definition) is 4. The van der Waals surface area contributed by atoms with Crippen LogP contribution in [-0.4, -0.2) is 28.0 Å². The Bertz CT molecular complexity index is 1150. The number of halogens is 1. The minimum absolute atomic E-state index is 0.486. The van der Waals surface area contributed by atoms with Crippen molar-refractivity contribution in [1.82, 2.24) is 20.3 Å². The molecule has 0 spiro atoms. The Balaban J connectivity index is 1.47. The lowest BCUT2D eigenvalue weighted by Gasteiger charge is -2.21. The van der Waals surface area contributed by atoms with Gasteiger partial charge in [-0.2, -0.15) is 0 Å². The van der Waals surface area contributed by atoms with Crippen molar-refractivity contribution in [2.24, 2.45) is 0 Å². The predicted octanol–water partition coefficient (Wildman–Crippen LogP) is 5.36. The second kappa shape index (κ2) is 8.46. The topological polar surface area (TPSA) is 65.6 Å². The van der Waals surface area contributed by atoms with E-state index in [0.717, 1.165) is 47.6 Å². The lowest BCUT2D eigenvalue weighted by molar-refractivity contribution is 0.456. The van der Waals surface area contributed by atoms with E-state index in [2.05, 4.69) is 49.9 Å². The van der Waals surface area contributed by atoms with Crippen molar-refractivity contribution in [2.75, 3.05) is 18.4 Å². The predicted molar refractivity (Wildman–Crippen MR) is 123 cm³/mol. The van der Waals surface area contributed by atoms with Gasteiger partial charge in [0.05, 0.1) is 5.02 Å². The van der Waals surface area contributed by atoms with Crippen molar-refractivity contribution >= 4 is 28.5 Å². The summed E-state index contributed by atoms with van der Waals surface area (Å²) in [5.74, 6) is 1.31. The minimum atomic E-state index is 0.486. The number of H-pyrrole nitrogens is 1. The smallest absolute Gasteiger partial charge is 0.138 e. The summed E-state index contributed by atoms with van der Waals surface area (Å²) in [6.07, 6.45) is 5.94. The van der Waals surface area contributed by atoms with E-state index in [1.54, 1.807) is 6.20 Å². The van der Waals surface area contributed by atoms with Crippen LogP contribution in [0.3, 0.4) is 0 Å². The lowest BCUT2D eigenvalue weighted by atomic mass is 9.96. The molecule has 152 valence electrons. The second-order valence-corrected chi connectivity index (χ2v) is 8.19. The molecule has 1 aromatic carbocycles. The number of rotatable bonds is 5. The Labute approximate surface area is 180 Å². The van der Waals surface area contributed by atoms with Crippen LogP contribution in [0, 0.1) is 0 Å². The molecule has 1 aliphatic rings. The molecule has 0 aliphatic carbocycles. The highest BCUT2D eigenvalue weighted by molar-refractivity contribution is 6.34. The van der Waals surface area contributed by atoms with Crippen LogP contribution in [0.15, 0.2) is 60.9 Å². The Morgan fingerprint density at radius 1 is 1.10 bits per heavy atom. The minimum Gasteiger partial charge on any atom is -0.366 e. The zero-order chi connectivity index (χ0) is 20.3. The van der Waals surface area contributed by atoms with Gasteiger partial charge in [-0.25, -0.2) is 9.97 Å². The SMILES string of the molecule is Clc1cnc2[nH]c(C3CCCNC3)cc2c1-c1ccnc(NCc2ccccc2)c1. The van der Waals surface area contributed by atoms with E-state index >= 15 is 0 Å². The molecular weight excluding hydrogens is 394 g/mol. The molecule has 1 atom stereocenters. The normalized spacial score (nSPS) is 16.6. The van der Waals surface area contributed by atoms with E-state index in [4.69, 9.17) is 11.6 Å². The molecule has 1 fully saturated rings. The number of pyridine rings is 2. The van der Waals surface area contributed by atoms with Crippen molar-refractivity contribution in [3.05, 3.63) is 77.2 Å². The summed E-state index contributed by atoms with van der Waals surface area (Å²) in [6, 6.07) is 16.6. The molecule has 0 saturated carbocycles. The summed E-state index contributed by atoms with van der Waals surface area (Å²) in [6.45, 7) is 2.82. The first-order valence-corrected chi connectivity index (χ1v) is 10.8. The number of anilines is 1. The van der Waals surface area contributed by atoms with Crippen molar-refractivity contribution in [2.45, 2.75) is 25.3 Å². The van der Waals surface area contributed by atoms with Gasteiger partial charge < -0.3 is 15.6 Å². The number of hydrogen-bond donors (Lipinski definition) is 3. The molecule has 3 N–H and O–H groups in total. The Morgan fingerprint density at radius 2 is 2.00 bits per heavy atom. The fourth-order valence-corrected chi connectivity index (χ4v) is 4.43. The molecule has 3 aromatic heterocycles. The quantitative estimate of drug-likeness (QED) is 0.409. The number of aromatic nitrogens is 3. The van der Waals surface area contributed by atoms with E-state index in [1.165, 1.54) is 24.1 Å². The van der Waals surface area contributed by atoms with Crippen LogP contribution < -0.4 is 10.6 Å². The van der Waals surface area contributed by atoms with Crippen LogP contribution in [-0.2, 0) is 6.54 Å². The molecule has 1 unspecified atom stereocenters. The molecule has 0 bridgehead atoms. The van der Waals surface area contributed by atoms with Gasteiger partial charge in [0, 0.05) is 48.0 Å². The van der Waals surface area contributed by atoms with Crippen LogP contribution >= 0.6 is 11.6 Å². The fourth-order valence-electron chi connectivity index (χ4n) is 4.17. The molecule has 1 aliphatic heterocycles. The van der Waals surface area contributed by atoms with E-state index < -0.39 is 0 Å². The van der Waals surface area contributed by atoms with Crippen molar-refractivity contribution in [3.63, 3.8) is 0 Å². The van der Waals surface area contributed by atoms with Gasteiger partial charge in [0.2, 0.25) is 0 Å². The third kappa shape index (κ3) is 3.91. The highest BCUT2D eigenvalue weighted by atomic mass is 35.5. The van der Waals surface area contributed by atoms with Crippen LogP contribution in [0.25, 0.3) is 22.2 Å². The van der Waals surface area contributed by atoms with Gasteiger partial charge in [-0.15, -0.1) is 0 Å². The molecule has 6 heteroatoms. The molecule has 0 radical (unpaired) electrons. The summed E-state index contributed by atoms with van der Waals surface area (Å²) in [4.78, 5) is 12.5. The number of piperidine rings is 1. The number of benzene rings is 1. The fraction of sp³-hybridized carbons (Fsp3) is 0.250. The van der Waals surface area contributed by atoms with Gasteiger partial charge in [0.15, 0.2) is 0 Å². The first-order chi connectivity index (χ1) is 14.8. The molecule has 0 amide bonds. The van der Waals surface area contributed by atoms with Gasteiger partial charge >= 0.3 is 0 Å². The van der Waals surface area contributed by atoms with Crippen LogP contribution in [0.2, 0.25) is 5.02 Å². The summed E-state index contributed by atoms with van der Waals surface area (Å²) >= 11 is 6.63. The van der Waals surface area contributed by atoms with Crippen LogP contribution in [0.4, 0.5) is 5.82 Å².